The fourth-order valence-electron chi connectivity index (χ4n) is 3.20. The first-order valence-electron chi connectivity index (χ1n) is 9.92. The summed E-state index contributed by atoms with van der Waals surface area (Å²) >= 11 is 11.9. The van der Waals surface area contributed by atoms with E-state index in [0.717, 1.165) is 5.56 Å². The fourth-order valence-corrected chi connectivity index (χ4v) is 3.52. The molecule has 0 saturated carbocycles. The molecule has 32 heavy (non-hydrogen) atoms. The number of rotatable bonds is 7. The Morgan fingerprint density at radius 3 is 2.62 bits per heavy atom. The molecule has 0 fully saturated rings. The zero-order valence-electron chi connectivity index (χ0n) is 17.5. The van der Waals surface area contributed by atoms with Gasteiger partial charge in [-0.15, -0.1) is 0 Å². The molecule has 4 N–H and O–H groups in total. The minimum absolute atomic E-state index is 0.0618. The van der Waals surface area contributed by atoms with Crippen molar-refractivity contribution in [2.24, 2.45) is 0 Å². The molecule has 1 aromatic heterocycles. The molecule has 1 aliphatic heterocycles. The summed E-state index contributed by atoms with van der Waals surface area (Å²) in [5.74, 6) is 0.253. The highest BCUT2D eigenvalue weighted by Crippen LogP contribution is 2.23. The Labute approximate surface area is 195 Å². The first kappa shape index (κ1) is 24.1. The molecule has 9 nitrogen and oxygen atoms in total. The number of aromatic nitrogens is 1. The second-order valence-electron chi connectivity index (χ2n) is 7.33. The number of aliphatic hydroxyl groups is 1. The summed E-state index contributed by atoms with van der Waals surface area (Å²) in [7, 11) is 0. The molecule has 2 heterocycles. The van der Waals surface area contributed by atoms with E-state index in [1.165, 1.54) is 0 Å². The van der Waals surface area contributed by atoms with E-state index in [0.29, 0.717) is 33.7 Å². The molecule has 1 aliphatic rings. The summed E-state index contributed by atoms with van der Waals surface area (Å²) in [6.07, 6.45) is 2.21. The number of aliphatic hydroxyl groups excluding tert-OH is 1. The number of hydrogen-bond acceptors (Lipinski definition) is 6. The summed E-state index contributed by atoms with van der Waals surface area (Å²) in [5.41, 5.74) is 1.86. The van der Waals surface area contributed by atoms with Crippen LogP contribution >= 0.6 is 23.2 Å². The van der Waals surface area contributed by atoms with Crippen molar-refractivity contribution in [3.8, 4) is 0 Å². The molecule has 2 aromatic rings. The van der Waals surface area contributed by atoms with Crippen molar-refractivity contribution in [1.29, 1.82) is 0 Å². The van der Waals surface area contributed by atoms with Gasteiger partial charge >= 0.3 is 6.03 Å². The molecule has 0 radical (unpaired) electrons. The van der Waals surface area contributed by atoms with Crippen molar-refractivity contribution >= 4 is 40.8 Å². The van der Waals surface area contributed by atoms with Crippen LogP contribution < -0.4 is 16.0 Å². The predicted molar refractivity (Wildman–Crippen MR) is 120 cm³/mol. The van der Waals surface area contributed by atoms with Crippen LogP contribution in [0.5, 0.6) is 0 Å². The predicted octanol–water partition coefficient (Wildman–Crippen LogP) is 3.11. The van der Waals surface area contributed by atoms with Gasteiger partial charge < -0.3 is 30.3 Å². The number of carbonyl (C=O) groups excluding carboxylic acids is 2. The molecule has 0 saturated heterocycles. The van der Waals surface area contributed by atoms with Crippen molar-refractivity contribution in [2.75, 3.05) is 11.9 Å². The normalized spacial score (nSPS) is 20.1. The van der Waals surface area contributed by atoms with Crippen molar-refractivity contribution in [1.82, 2.24) is 15.8 Å². The average Bonchev–Trinajstić information content (AvgIpc) is 3.07. The van der Waals surface area contributed by atoms with Crippen LogP contribution in [0.25, 0.3) is 0 Å². The summed E-state index contributed by atoms with van der Waals surface area (Å²) in [6.45, 7) is 3.36. The number of amides is 3. The second-order valence-corrected chi connectivity index (χ2v) is 8.15. The highest BCUT2D eigenvalue weighted by Gasteiger charge is 2.29. The molecule has 3 atom stereocenters. The number of anilines is 1. The van der Waals surface area contributed by atoms with Gasteiger partial charge in [-0.2, -0.15) is 0 Å². The van der Waals surface area contributed by atoms with Crippen molar-refractivity contribution in [3.05, 3.63) is 57.4 Å². The van der Waals surface area contributed by atoms with Gasteiger partial charge in [0.2, 0.25) is 5.91 Å². The van der Waals surface area contributed by atoms with E-state index in [1.807, 2.05) is 0 Å². The molecule has 3 amide bonds. The summed E-state index contributed by atoms with van der Waals surface area (Å²) in [6, 6.07) is 4.06. The Morgan fingerprint density at radius 2 is 1.97 bits per heavy atom. The highest BCUT2D eigenvalue weighted by molar-refractivity contribution is 6.42. The van der Waals surface area contributed by atoms with E-state index in [4.69, 9.17) is 32.5 Å². The van der Waals surface area contributed by atoms with Crippen molar-refractivity contribution in [2.45, 2.75) is 45.1 Å². The van der Waals surface area contributed by atoms with Crippen LogP contribution in [0.1, 0.15) is 23.4 Å². The first-order chi connectivity index (χ1) is 15.3. The maximum Gasteiger partial charge on any atom is 0.319 e. The Hall–Kier alpha value is -2.59. The lowest BCUT2D eigenvalue weighted by Crippen LogP contribution is -2.50. The van der Waals surface area contributed by atoms with Crippen LogP contribution in [-0.4, -0.2) is 47.1 Å². The largest absolute Gasteiger partial charge is 0.394 e. The van der Waals surface area contributed by atoms with Gasteiger partial charge in [-0.1, -0.05) is 46.6 Å². The third-order valence-corrected chi connectivity index (χ3v) is 5.63. The van der Waals surface area contributed by atoms with E-state index in [-0.39, 0.29) is 18.9 Å². The lowest BCUT2D eigenvalue weighted by molar-refractivity contribution is -0.125. The Morgan fingerprint density at radius 1 is 1.19 bits per heavy atom. The lowest BCUT2D eigenvalue weighted by Gasteiger charge is -2.31. The second kappa shape index (κ2) is 10.8. The highest BCUT2D eigenvalue weighted by atomic mass is 35.5. The third kappa shape index (κ3) is 6.23. The van der Waals surface area contributed by atoms with Gasteiger partial charge in [0, 0.05) is 6.54 Å². The lowest BCUT2D eigenvalue weighted by atomic mass is 10.0. The molecule has 11 heteroatoms. The number of ether oxygens (including phenoxy) is 1. The van der Waals surface area contributed by atoms with E-state index in [1.54, 1.807) is 44.2 Å². The molecule has 0 bridgehead atoms. The van der Waals surface area contributed by atoms with Gasteiger partial charge in [0.05, 0.1) is 35.2 Å². The molecule has 0 spiro atoms. The van der Waals surface area contributed by atoms with Gasteiger partial charge in [0.25, 0.3) is 0 Å². The SMILES string of the molecule is Cc1noc(C)c1NC(=O)N[C@H]1C=C[C@H](CC(=O)NCc2ccc(Cl)c(Cl)c2)O[C@@H]1CO. The van der Waals surface area contributed by atoms with Crippen LogP contribution in [0.2, 0.25) is 10.0 Å². The molecule has 3 rings (SSSR count). The number of urea groups is 1. The van der Waals surface area contributed by atoms with Crippen molar-refractivity contribution in [3.63, 3.8) is 0 Å². The third-order valence-electron chi connectivity index (χ3n) is 4.89. The van der Waals surface area contributed by atoms with Gasteiger partial charge in [-0.05, 0) is 31.5 Å². The summed E-state index contributed by atoms with van der Waals surface area (Å²) in [5, 5.41) is 22.5. The number of aryl methyl sites for hydroxylation is 2. The number of halogens is 2. The zero-order chi connectivity index (χ0) is 23.3. The monoisotopic (exact) mass is 482 g/mol. The average molecular weight is 483 g/mol. The number of hydrogen-bond donors (Lipinski definition) is 4. The molecular weight excluding hydrogens is 459 g/mol. The minimum atomic E-state index is -0.705. The standard InChI is InChI=1S/C21H24Cl2N4O5/c1-11-20(12(2)32-27-11)26-21(30)25-17-6-4-14(31-18(17)10-28)8-19(29)24-9-13-3-5-15(22)16(23)7-13/h3-7,14,17-18,28H,8-10H2,1-2H3,(H,24,29)(H2,25,26,30)/t14-,17+,18-/m1/s1. The summed E-state index contributed by atoms with van der Waals surface area (Å²) < 4.78 is 10.8. The van der Waals surface area contributed by atoms with Crippen LogP contribution in [-0.2, 0) is 16.1 Å². The maximum atomic E-state index is 12.3. The fraction of sp³-hybridized carbons (Fsp3) is 0.381. The zero-order valence-corrected chi connectivity index (χ0v) is 19.0. The summed E-state index contributed by atoms with van der Waals surface area (Å²) in [4.78, 5) is 24.6. The van der Waals surface area contributed by atoms with Crippen LogP contribution in [0.3, 0.4) is 0 Å². The quantitative estimate of drug-likeness (QED) is 0.449. The van der Waals surface area contributed by atoms with Gasteiger partial charge in [0.1, 0.15) is 17.5 Å². The molecule has 172 valence electrons. The number of carbonyl (C=O) groups is 2. The topological polar surface area (TPSA) is 126 Å². The van der Waals surface area contributed by atoms with Crippen LogP contribution in [0, 0.1) is 13.8 Å². The maximum absolute atomic E-state index is 12.3. The Balaban J connectivity index is 1.51. The van der Waals surface area contributed by atoms with E-state index >= 15 is 0 Å². The Kier molecular flexibility index (Phi) is 8.14. The molecule has 0 aliphatic carbocycles. The number of benzene rings is 1. The van der Waals surface area contributed by atoms with E-state index < -0.39 is 24.3 Å². The van der Waals surface area contributed by atoms with Gasteiger partial charge in [-0.25, -0.2) is 4.79 Å². The van der Waals surface area contributed by atoms with Crippen LogP contribution in [0.4, 0.5) is 10.5 Å². The number of nitrogens with one attached hydrogen (secondary N) is 3. The molecule has 0 unspecified atom stereocenters. The first-order valence-corrected chi connectivity index (χ1v) is 10.7. The molecule has 1 aromatic carbocycles. The van der Waals surface area contributed by atoms with E-state index in [9.17, 15) is 14.7 Å². The van der Waals surface area contributed by atoms with Crippen LogP contribution in [0.15, 0.2) is 34.9 Å². The molecular formula is C21H24Cl2N4O5. The van der Waals surface area contributed by atoms with Gasteiger partial charge in [-0.3, -0.25) is 4.79 Å². The Bertz CT molecular complexity index is 991. The number of nitrogens with zero attached hydrogens (tertiary/aromatic N) is 1. The van der Waals surface area contributed by atoms with E-state index in [2.05, 4.69) is 21.1 Å². The smallest absolute Gasteiger partial charge is 0.319 e. The van der Waals surface area contributed by atoms with Crippen molar-refractivity contribution < 1.29 is 24.0 Å². The van der Waals surface area contributed by atoms with Gasteiger partial charge in [0.15, 0.2) is 5.76 Å². The minimum Gasteiger partial charge on any atom is -0.394 e.